The number of amides is 2. The number of likely N-dealkylation sites (N-methyl/N-ethyl adjacent to an activating group) is 1. The van der Waals surface area contributed by atoms with Gasteiger partial charge in [-0.05, 0) is 80.6 Å². The monoisotopic (exact) mass is 730 g/mol. The summed E-state index contributed by atoms with van der Waals surface area (Å²) >= 11 is 0. The number of methoxy groups -OCH3 is 2. The van der Waals surface area contributed by atoms with Gasteiger partial charge in [0.15, 0.2) is 5.75 Å². The Balaban J connectivity index is 1.41. The van der Waals surface area contributed by atoms with Crippen LogP contribution in [0.25, 0.3) is 22.2 Å². The molecule has 2 saturated carbocycles. The summed E-state index contributed by atoms with van der Waals surface area (Å²) < 4.78 is 78.6. The molecule has 14 heteroatoms. The predicted molar refractivity (Wildman–Crippen MR) is 186 cm³/mol. The number of aromatic nitrogens is 1. The maximum absolute atomic E-state index is 15.1. The van der Waals surface area contributed by atoms with Crippen LogP contribution in [0.1, 0.15) is 78.8 Å². The van der Waals surface area contributed by atoms with Crippen molar-refractivity contribution in [1.29, 1.82) is 0 Å². The number of nitrogens with one attached hydrogen (secondary N) is 1. The second-order valence-corrected chi connectivity index (χ2v) is 16.7. The third kappa shape index (κ3) is 6.52. The zero-order valence-electron chi connectivity index (χ0n) is 29.4. The first kappa shape index (κ1) is 35.8. The zero-order valence-corrected chi connectivity index (χ0v) is 30.2. The SMILES string of the molecule is COC[C@@H]1CN(C)C[C@@H](C)N1C(=O)C12CC1c1cc(OC)ccc1-c1c(C3CCCCC3)c3ccc(C(=O)NS(=O)(=O)CC(F)(F)F)cc3n1C2. The summed E-state index contributed by atoms with van der Waals surface area (Å²) in [5.74, 6) is -2.46. The highest BCUT2D eigenvalue weighted by Gasteiger charge is 2.65. The van der Waals surface area contributed by atoms with Gasteiger partial charge in [-0.1, -0.05) is 25.3 Å². The number of carbonyl (C=O) groups excluding carboxylic acids is 2. The lowest BCUT2D eigenvalue weighted by molar-refractivity contribution is -0.148. The highest BCUT2D eigenvalue weighted by atomic mass is 32.2. The van der Waals surface area contributed by atoms with E-state index in [1.54, 1.807) is 31.1 Å². The van der Waals surface area contributed by atoms with E-state index in [1.807, 2.05) is 30.1 Å². The third-order valence-electron chi connectivity index (χ3n) is 11.4. The Hall–Kier alpha value is -3.62. The average Bonchev–Trinajstić information content (AvgIpc) is 3.73. The molecule has 276 valence electrons. The molecule has 2 aliphatic carbocycles. The lowest BCUT2D eigenvalue weighted by Crippen LogP contribution is -2.62. The van der Waals surface area contributed by atoms with Crippen LogP contribution in [0.15, 0.2) is 36.4 Å². The first-order valence-electron chi connectivity index (χ1n) is 17.6. The molecule has 2 aliphatic heterocycles. The van der Waals surface area contributed by atoms with Crippen LogP contribution < -0.4 is 9.46 Å². The molecule has 4 aliphatic rings. The number of carbonyl (C=O) groups is 2. The number of halogens is 3. The minimum atomic E-state index is -5.01. The fourth-order valence-corrected chi connectivity index (χ4v) is 10.1. The van der Waals surface area contributed by atoms with Crippen LogP contribution in [-0.4, -0.2) is 99.6 Å². The molecule has 0 bridgehead atoms. The largest absolute Gasteiger partial charge is 0.497 e. The molecule has 4 atom stereocenters. The number of alkyl halides is 3. The third-order valence-corrected chi connectivity index (χ3v) is 12.6. The Bertz CT molecular complexity index is 1970. The second-order valence-electron chi connectivity index (χ2n) is 15.0. The van der Waals surface area contributed by atoms with Gasteiger partial charge < -0.3 is 23.8 Å². The number of hydrogen-bond donors (Lipinski definition) is 1. The molecule has 3 heterocycles. The molecule has 51 heavy (non-hydrogen) atoms. The van der Waals surface area contributed by atoms with Gasteiger partial charge in [-0.2, -0.15) is 13.2 Å². The van der Waals surface area contributed by atoms with Crippen molar-refractivity contribution in [1.82, 2.24) is 19.1 Å². The summed E-state index contributed by atoms with van der Waals surface area (Å²) in [6, 6.07) is 10.6. The molecule has 10 nitrogen and oxygen atoms in total. The van der Waals surface area contributed by atoms with Gasteiger partial charge in [0.25, 0.3) is 5.91 Å². The van der Waals surface area contributed by atoms with Gasteiger partial charge in [0.2, 0.25) is 15.9 Å². The first-order valence-corrected chi connectivity index (χ1v) is 19.3. The summed E-state index contributed by atoms with van der Waals surface area (Å²) in [6.07, 6.45) is 0.819. The number of hydrogen-bond acceptors (Lipinski definition) is 7. The van der Waals surface area contributed by atoms with E-state index in [1.165, 1.54) is 6.07 Å². The Morgan fingerprint density at radius 1 is 1.04 bits per heavy atom. The molecule has 3 aromatic rings. The highest BCUT2D eigenvalue weighted by molar-refractivity contribution is 7.90. The Morgan fingerprint density at radius 3 is 2.47 bits per heavy atom. The van der Waals surface area contributed by atoms with E-state index < -0.39 is 33.3 Å². The Morgan fingerprint density at radius 2 is 1.78 bits per heavy atom. The highest BCUT2D eigenvalue weighted by Crippen LogP contribution is 2.66. The predicted octanol–water partition coefficient (Wildman–Crippen LogP) is 5.65. The van der Waals surface area contributed by atoms with Gasteiger partial charge >= 0.3 is 6.18 Å². The van der Waals surface area contributed by atoms with Crippen molar-refractivity contribution in [3.63, 3.8) is 0 Å². The first-order chi connectivity index (χ1) is 24.2. The van der Waals surface area contributed by atoms with Crippen molar-refractivity contribution in [3.8, 4) is 17.0 Å². The number of piperazine rings is 1. The van der Waals surface area contributed by atoms with Gasteiger partial charge in [0.1, 0.15) is 5.75 Å². The standard InChI is InChI=1S/C37H45F3N4O6S/c1-22-17-42(2)18-25(19-49-3)44(22)35(46)36-16-30(36)29-15-26(50-4)11-13-27(29)33-32(23-8-6-5-7-9-23)28-12-10-24(14-31(28)43(33)20-36)34(45)41-51(47,48)21-37(38,39)40/h10-15,22-23,25,30H,5-9,16-21H2,1-4H3,(H,41,45)/t22-,25+,30?,36?/m1/s1. The van der Waals surface area contributed by atoms with Crippen molar-refractivity contribution in [2.45, 2.75) is 82.1 Å². The Labute approximate surface area is 296 Å². The topological polar surface area (TPSA) is 110 Å². The molecule has 3 fully saturated rings. The van der Waals surface area contributed by atoms with Crippen LogP contribution in [0.3, 0.4) is 0 Å². The van der Waals surface area contributed by atoms with E-state index >= 15 is 4.79 Å². The molecule has 7 rings (SSSR count). The summed E-state index contributed by atoms with van der Waals surface area (Å²) in [4.78, 5) is 32.6. The molecule has 2 aromatic carbocycles. The van der Waals surface area contributed by atoms with Gasteiger partial charge in [0.05, 0.1) is 30.9 Å². The maximum Gasteiger partial charge on any atom is 0.404 e. The van der Waals surface area contributed by atoms with Crippen LogP contribution in [0.4, 0.5) is 13.2 Å². The van der Waals surface area contributed by atoms with Crippen LogP contribution >= 0.6 is 0 Å². The van der Waals surface area contributed by atoms with Crippen LogP contribution in [0.2, 0.25) is 0 Å². The number of nitrogens with zero attached hydrogens (tertiary/aromatic N) is 3. The molecule has 1 aromatic heterocycles. The summed E-state index contributed by atoms with van der Waals surface area (Å²) in [5.41, 5.74) is 3.87. The van der Waals surface area contributed by atoms with Gasteiger partial charge in [-0.3, -0.25) is 9.59 Å². The van der Waals surface area contributed by atoms with Gasteiger partial charge in [0, 0.05) is 60.7 Å². The normalized spacial score (nSPS) is 25.5. The van der Waals surface area contributed by atoms with Crippen molar-refractivity contribution in [2.75, 3.05) is 46.7 Å². The average molecular weight is 731 g/mol. The van der Waals surface area contributed by atoms with Crippen LogP contribution in [-0.2, 0) is 26.1 Å². The van der Waals surface area contributed by atoms with Gasteiger partial charge in [-0.15, -0.1) is 0 Å². The van der Waals surface area contributed by atoms with Crippen molar-refractivity contribution < 1.29 is 40.7 Å². The van der Waals surface area contributed by atoms with E-state index in [-0.39, 0.29) is 35.4 Å². The van der Waals surface area contributed by atoms with E-state index in [4.69, 9.17) is 9.47 Å². The molecule has 0 spiro atoms. The smallest absolute Gasteiger partial charge is 0.404 e. The maximum atomic E-state index is 15.1. The lowest BCUT2D eigenvalue weighted by atomic mass is 9.81. The fraction of sp³-hybridized carbons (Fsp3) is 0.568. The van der Waals surface area contributed by atoms with E-state index in [0.29, 0.717) is 37.4 Å². The van der Waals surface area contributed by atoms with Crippen LogP contribution in [0.5, 0.6) is 5.75 Å². The number of benzene rings is 2. The molecule has 2 amide bonds. The van der Waals surface area contributed by atoms with E-state index in [9.17, 15) is 26.4 Å². The minimum absolute atomic E-state index is 0.0463. The number of rotatable bonds is 8. The number of fused-ring (bicyclic) bond motifs is 7. The quantitative estimate of drug-likeness (QED) is 0.319. The van der Waals surface area contributed by atoms with Crippen molar-refractivity contribution in [3.05, 3.63) is 53.1 Å². The second kappa shape index (κ2) is 13.1. The summed E-state index contributed by atoms with van der Waals surface area (Å²) in [7, 11) is 0.321. The molecule has 0 radical (unpaired) electrons. The van der Waals surface area contributed by atoms with Gasteiger partial charge in [-0.25, -0.2) is 13.1 Å². The molecule has 2 unspecified atom stereocenters. The van der Waals surface area contributed by atoms with Crippen molar-refractivity contribution >= 4 is 32.7 Å². The van der Waals surface area contributed by atoms with E-state index in [2.05, 4.69) is 16.4 Å². The molecule has 1 saturated heterocycles. The molecular weight excluding hydrogens is 685 g/mol. The zero-order chi connectivity index (χ0) is 36.5. The minimum Gasteiger partial charge on any atom is -0.497 e. The van der Waals surface area contributed by atoms with Crippen molar-refractivity contribution in [2.24, 2.45) is 5.41 Å². The number of ether oxygens (including phenoxy) is 2. The summed E-state index contributed by atoms with van der Waals surface area (Å²) in [5, 5.41) is 0.889. The number of sulfonamides is 1. The lowest BCUT2D eigenvalue weighted by Gasteiger charge is -2.46. The fourth-order valence-electron chi connectivity index (χ4n) is 9.24. The van der Waals surface area contributed by atoms with E-state index in [0.717, 1.165) is 66.4 Å². The van der Waals surface area contributed by atoms with Crippen LogP contribution in [0, 0.1) is 5.41 Å². The Kier molecular flexibility index (Phi) is 9.19. The molecular formula is C37H45F3N4O6S. The summed E-state index contributed by atoms with van der Waals surface area (Å²) in [6.45, 7) is 4.17. The molecule has 1 N–H and O–H groups in total.